The first-order valence-corrected chi connectivity index (χ1v) is 6.47. The maximum Gasteiger partial charge on any atom is 0.123 e. The van der Waals surface area contributed by atoms with Gasteiger partial charge in [-0.3, -0.25) is 0 Å². The molecular weight excluding hydrogens is 265 g/mol. The van der Waals surface area contributed by atoms with Crippen molar-refractivity contribution in [2.24, 2.45) is 0 Å². The lowest BCUT2D eigenvalue weighted by Crippen LogP contribution is -1.98. The topological polar surface area (TPSA) is 30.7 Å². The van der Waals surface area contributed by atoms with E-state index in [1.54, 1.807) is 29.2 Å². The highest BCUT2D eigenvalue weighted by Gasteiger charge is 2.06. The monoisotopic (exact) mass is 277 g/mol. The molecule has 0 N–H and O–H groups in total. The van der Waals surface area contributed by atoms with Crippen LogP contribution in [0.25, 0.3) is 5.69 Å². The molecule has 3 aromatic rings. The van der Waals surface area contributed by atoms with Crippen LogP contribution in [-0.4, -0.2) is 14.8 Å². The molecule has 0 bridgehead atoms. The summed E-state index contributed by atoms with van der Waals surface area (Å²) in [6.07, 6.45) is 3.41. The first-order chi connectivity index (χ1) is 10.2. The molecule has 0 spiro atoms. The number of nitrogens with zero attached hydrogens (tertiary/aromatic N) is 3. The van der Waals surface area contributed by atoms with Crippen LogP contribution < -0.4 is 0 Å². The zero-order chi connectivity index (χ0) is 14.7. The zero-order valence-electron chi connectivity index (χ0n) is 11.4. The average Bonchev–Trinajstić information content (AvgIpc) is 2.88. The van der Waals surface area contributed by atoms with E-state index in [1.165, 1.54) is 12.1 Å². The molecule has 2 aromatic heterocycles. The Hall–Kier alpha value is -2.93. The number of aromatic nitrogens is 3. The summed E-state index contributed by atoms with van der Waals surface area (Å²) in [5.74, 6) is 5.80. The van der Waals surface area contributed by atoms with Crippen molar-refractivity contribution in [3.63, 3.8) is 0 Å². The second kappa shape index (κ2) is 5.59. The minimum atomic E-state index is -0.265. The zero-order valence-corrected chi connectivity index (χ0v) is 11.4. The second-order valence-corrected chi connectivity index (χ2v) is 4.50. The van der Waals surface area contributed by atoms with Crippen molar-refractivity contribution in [1.29, 1.82) is 0 Å². The average molecular weight is 277 g/mol. The molecule has 0 saturated heterocycles. The summed E-state index contributed by atoms with van der Waals surface area (Å²) < 4.78 is 14.7. The molecule has 0 aliphatic carbocycles. The fourth-order valence-electron chi connectivity index (χ4n) is 1.94. The van der Waals surface area contributed by atoms with Gasteiger partial charge in [0, 0.05) is 6.20 Å². The van der Waals surface area contributed by atoms with Crippen LogP contribution in [0.2, 0.25) is 0 Å². The third kappa shape index (κ3) is 2.82. The third-order valence-electron chi connectivity index (χ3n) is 3.07. The molecule has 0 radical (unpaired) electrons. The van der Waals surface area contributed by atoms with Crippen LogP contribution in [0.4, 0.5) is 4.39 Å². The minimum absolute atomic E-state index is 0.265. The largest absolute Gasteiger partial charge is 0.248 e. The van der Waals surface area contributed by atoms with Gasteiger partial charge in [-0.15, -0.1) is 0 Å². The molecule has 0 aliphatic heterocycles. The quantitative estimate of drug-likeness (QED) is 0.640. The van der Waals surface area contributed by atoms with Gasteiger partial charge in [-0.1, -0.05) is 12.0 Å². The number of pyridine rings is 1. The van der Waals surface area contributed by atoms with Crippen LogP contribution in [0, 0.1) is 24.6 Å². The number of hydrogen-bond acceptors (Lipinski definition) is 2. The second-order valence-electron chi connectivity index (χ2n) is 4.50. The number of rotatable bonds is 1. The molecule has 1 aromatic carbocycles. The van der Waals surface area contributed by atoms with Crippen molar-refractivity contribution >= 4 is 0 Å². The maximum absolute atomic E-state index is 13.0. The predicted molar refractivity (Wildman–Crippen MR) is 78.5 cm³/mol. The van der Waals surface area contributed by atoms with Gasteiger partial charge in [-0.05, 0) is 49.2 Å². The highest BCUT2D eigenvalue weighted by atomic mass is 19.1. The van der Waals surface area contributed by atoms with Crippen LogP contribution in [0.5, 0.6) is 0 Å². The SMILES string of the molecule is Cc1c(C#Cc2ccccn2)cnn1-c1ccc(F)cc1. The van der Waals surface area contributed by atoms with Gasteiger partial charge in [0.25, 0.3) is 0 Å². The number of benzene rings is 1. The first kappa shape index (κ1) is 13.1. The van der Waals surface area contributed by atoms with Crippen molar-refractivity contribution in [2.75, 3.05) is 0 Å². The van der Waals surface area contributed by atoms with Crippen molar-refractivity contribution in [2.45, 2.75) is 6.92 Å². The van der Waals surface area contributed by atoms with Gasteiger partial charge in [-0.2, -0.15) is 5.10 Å². The van der Waals surface area contributed by atoms with Gasteiger partial charge >= 0.3 is 0 Å². The maximum atomic E-state index is 13.0. The Labute approximate surface area is 122 Å². The molecule has 0 fully saturated rings. The van der Waals surface area contributed by atoms with Crippen LogP contribution in [0.1, 0.15) is 17.0 Å². The fourth-order valence-corrected chi connectivity index (χ4v) is 1.94. The van der Waals surface area contributed by atoms with E-state index < -0.39 is 0 Å². The van der Waals surface area contributed by atoms with E-state index in [2.05, 4.69) is 21.9 Å². The van der Waals surface area contributed by atoms with E-state index in [0.29, 0.717) is 5.69 Å². The summed E-state index contributed by atoms with van der Waals surface area (Å²) >= 11 is 0. The summed E-state index contributed by atoms with van der Waals surface area (Å²) in [6, 6.07) is 11.8. The molecule has 21 heavy (non-hydrogen) atoms. The lowest BCUT2D eigenvalue weighted by atomic mass is 10.2. The van der Waals surface area contributed by atoms with E-state index >= 15 is 0 Å². The standard InChI is InChI=1S/C17H12FN3/c1-13-14(5-8-16-4-2-3-11-19-16)12-20-21(13)17-9-6-15(18)7-10-17/h2-4,6-7,9-12H,1H3. The molecule has 0 amide bonds. The normalized spacial score (nSPS) is 10.0. The van der Waals surface area contributed by atoms with E-state index in [9.17, 15) is 4.39 Å². The smallest absolute Gasteiger partial charge is 0.123 e. The fraction of sp³-hybridized carbons (Fsp3) is 0.0588. The Morgan fingerprint density at radius 3 is 2.57 bits per heavy atom. The van der Waals surface area contributed by atoms with E-state index in [-0.39, 0.29) is 5.82 Å². The van der Waals surface area contributed by atoms with Gasteiger partial charge in [0.1, 0.15) is 11.5 Å². The predicted octanol–water partition coefficient (Wildman–Crippen LogP) is 3.11. The summed E-state index contributed by atoms with van der Waals surface area (Å²) in [5.41, 5.74) is 3.25. The van der Waals surface area contributed by atoms with Gasteiger partial charge < -0.3 is 0 Å². The molecule has 3 nitrogen and oxygen atoms in total. The van der Waals surface area contributed by atoms with E-state index in [1.807, 2.05) is 25.1 Å². The van der Waals surface area contributed by atoms with Crippen LogP contribution in [0.15, 0.2) is 54.9 Å². The summed E-state index contributed by atoms with van der Waals surface area (Å²) in [4.78, 5) is 4.16. The van der Waals surface area contributed by atoms with Gasteiger partial charge in [-0.25, -0.2) is 14.1 Å². The molecular formula is C17H12FN3. The summed E-state index contributed by atoms with van der Waals surface area (Å²) in [7, 11) is 0. The Kier molecular flexibility index (Phi) is 3.48. The first-order valence-electron chi connectivity index (χ1n) is 6.47. The van der Waals surface area contributed by atoms with Gasteiger partial charge in [0.2, 0.25) is 0 Å². The minimum Gasteiger partial charge on any atom is -0.248 e. The van der Waals surface area contributed by atoms with Crippen molar-refractivity contribution in [3.05, 3.63) is 77.6 Å². The highest BCUT2D eigenvalue weighted by molar-refractivity contribution is 5.44. The molecule has 102 valence electrons. The lowest BCUT2D eigenvalue weighted by Gasteiger charge is -2.03. The Bertz CT molecular complexity index is 809. The van der Waals surface area contributed by atoms with E-state index in [4.69, 9.17) is 0 Å². The van der Waals surface area contributed by atoms with E-state index in [0.717, 1.165) is 16.9 Å². The molecule has 3 rings (SSSR count). The molecule has 0 unspecified atom stereocenters. The van der Waals surface area contributed by atoms with Crippen LogP contribution in [-0.2, 0) is 0 Å². The van der Waals surface area contributed by atoms with Crippen molar-refractivity contribution in [3.8, 4) is 17.5 Å². The Balaban J connectivity index is 1.93. The third-order valence-corrected chi connectivity index (χ3v) is 3.07. The molecule has 2 heterocycles. The molecule has 0 atom stereocenters. The van der Waals surface area contributed by atoms with Gasteiger partial charge in [0.05, 0.1) is 23.1 Å². The van der Waals surface area contributed by atoms with Gasteiger partial charge in [0.15, 0.2) is 0 Å². The molecule has 0 aliphatic rings. The van der Waals surface area contributed by atoms with Crippen LogP contribution >= 0.6 is 0 Å². The summed E-state index contributed by atoms with van der Waals surface area (Å²) in [6.45, 7) is 1.93. The highest BCUT2D eigenvalue weighted by Crippen LogP contribution is 2.14. The number of halogens is 1. The van der Waals surface area contributed by atoms with Crippen molar-refractivity contribution < 1.29 is 4.39 Å². The Morgan fingerprint density at radius 2 is 1.86 bits per heavy atom. The lowest BCUT2D eigenvalue weighted by molar-refractivity contribution is 0.627. The molecule has 4 heteroatoms. The molecule has 0 saturated carbocycles. The summed E-state index contributed by atoms with van der Waals surface area (Å²) in [5, 5.41) is 4.30. The Morgan fingerprint density at radius 1 is 1.05 bits per heavy atom. The number of hydrogen-bond donors (Lipinski definition) is 0. The van der Waals surface area contributed by atoms with Crippen LogP contribution in [0.3, 0.4) is 0 Å². The van der Waals surface area contributed by atoms with Crippen molar-refractivity contribution in [1.82, 2.24) is 14.8 Å².